The number of piperidine rings is 1. The van der Waals surface area contributed by atoms with E-state index in [9.17, 15) is 14.0 Å². The summed E-state index contributed by atoms with van der Waals surface area (Å²) < 4.78 is 15.2. The van der Waals surface area contributed by atoms with Gasteiger partial charge in [0.1, 0.15) is 5.82 Å². The number of carbonyl (C=O) groups excluding carboxylic acids is 1. The fourth-order valence-corrected chi connectivity index (χ4v) is 6.50. The number of thioether (sulfide) groups is 1. The van der Waals surface area contributed by atoms with Crippen molar-refractivity contribution in [2.75, 3.05) is 13.1 Å². The fraction of sp³-hybridized carbons (Fsp3) is 0.344. The zero-order chi connectivity index (χ0) is 27.2. The quantitative estimate of drug-likeness (QED) is 0.175. The van der Waals surface area contributed by atoms with Gasteiger partial charge in [-0.15, -0.1) is 0 Å². The van der Waals surface area contributed by atoms with Crippen LogP contribution in [0.3, 0.4) is 0 Å². The summed E-state index contributed by atoms with van der Waals surface area (Å²) in [5.41, 5.74) is 2.25. The number of unbranched alkanes of at least 4 members (excludes halogenated alkanes) is 1. The van der Waals surface area contributed by atoms with Gasteiger partial charge in [0.2, 0.25) is 5.91 Å². The van der Waals surface area contributed by atoms with Crippen LogP contribution in [0.2, 0.25) is 0 Å². The molecule has 1 aliphatic heterocycles. The van der Waals surface area contributed by atoms with Gasteiger partial charge in [0.25, 0.3) is 5.56 Å². The molecule has 0 spiro atoms. The second kappa shape index (κ2) is 12.6. The minimum Gasteiger partial charge on any atom is -0.342 e. The number of aromatic nitrogens is 2. The molecule has 4 aromatic rings. The van der Waals surface area contributed by atoms with E-state index in [-0.39, 0.29) is 22.5 Å². The zero-order valence-corrected chi connectivity index (χ0v) is 23.1. The summed E-state index contributed by atoms with van der Waals surface area (Å²) in [4.78, 5) is 34.3. The van der Waals surface area contributed by atoms with E-state index >= 15 is 0 Å². The minimum atomic E-state index is -0.374. The van der Waals surface area contributed by atoms with E-state index in [4.69, 9.17) is 4.98 Å². The van der Waals surface area contributed by atoms with Crippen LogP contribution in [0.5, 0.6) is 0 Å². The maximum atomic E-state index is 13.9. The van der Waals surface area contributed by atoms with Crippen molar-refractivity contribution in [3.63, 3.8) is 0 Å². The van der Waals surface area contributed by atoms with Gasteiger partial charge in [-0.25, -0.2) is 9.37 Å². The normalized spacial score (nSPS) is 15.0. The molecular weight excluding hydrogens is 509 g/mol. The molecule has 0 bridgehead atoms. The molecule has 1 aliphatic rings. The largest absolute Gasteiger partial charge is 0.342 e. The van der Waals surface area contributed by atoms with Crippen LogP contribution in [-0.4, -0.2) is 38.7 Å². The molecule has 7 heteroatoms. The lowest BCUT2D eigenvalue weighted by molar-refractivity contribution is -0.132. The van der Waals surface area contributed by atoms with Gasteiger partial charge in [0.15, 0.2) is 5.16 Å². The van der Waals surface area contributed by atoms with Crippen LogP contribution in [0.25, 0.3) is 16.6 Å². The number of hydrogen-bond donors (Lipinski definition) is 0. The Morgan fingerprint density at radius 1 is 1.00 bits per heavy atom. The van der Waals surface area contributed by atoms with Crippen LogP contribution in [0, 0.1) is 11.7 Å². The van der Waals surface area contributed by atoms with Gasteiger partial charge >= 0.3 is 0 Å². The Kier molecular flexibility index (Phi) is 8.77. The summed E-state index contributed by atoms with van der Waals surface area (Å²) in [7, 11) is 0. The molecule has 1 fully saturated rings. The third kappa shape index (κ3) is 6.41. The lowest BCUT2D eigenvalue weighted by Gasteiger charge is -2.34. The number of hydrogen-bond acceptors (Lipinski definition) is 4. The summed E-state index contributed by atoms with van der Waals surface area (Å²) in [6, 6.07) is 23.6. The van der Waals surface area contributed by atoms with Crippen molar-refractivity contribution in [1.82, 2.24) is 14.5 Å². The Morgan fingerprint density at radius 2 is 1.69 bits per heavy atom. The third-order valence-electron chi connectivity index (χ3n) is 7.47. The topological polar surface area (TPSA) is 55.2 Å². The highest BCUT2D eigenvalue weighted by molar-refractivity contribution is 8.00. The number of carbonyl (C=O) groups is 1. The van der Waals surface area contributed by atoms with E-state index in [1.54, 1.807) is 18.2 Å². The molecular formula is C32H34FN3O2S. The van der Waals surface area contributed by atoms with Crippen LogP contribution >= 0.6 is 11.8 Å². The van der Waals surface area contributed by atoms with E-state index in [1.807, 2.05) is 29.2 Å². The SMILES string of the molecule is CCCCC(Sc1nc2ccccc2c(=O)n1-c1ccc(F)cc1)C(=O)N1CCC(Cc2ccccc2)CC1. The third-order valence-corrected chi connectivity index (χ3v) is 8.67. The van der Waals surface area contributed by atoms with E-state index < -0.39 is 0 Å². The molecule has 39 heavy (non-hydrogen) atoms. The number of likely N-dealkylation sites (tertiary alicyclic amines) is 1. The number of nitrogens with zero attached hydrogens (tertiary/aromatic N) is 3. The first-order chi connectivity index (χ1) is 19.0. The smallest absolute Gasteiger partial charge is 0.266 e. The molecule has 1 saturated heterocycles. The van der Waals surface area contributed by atoms with Crippen molar-refractivity contribution < 1.29 is 9.18 Å². The predicted octanol–water partition coefficient (Wildman–Crippen LogP) is 6.66. The predicted molar refractivity (Wildman–Crippen MR) is 156 cm³/mol. The van der Waals surface area contributed by atoms with Crippen LogP contribution in [0.4, 0.5) is 4.39 Å². The monoisotopic (exact) mass is 543 g/mol. The number of halogens is 1. The van der Waals surface area contributed by atoms with Crippen molar-refractivity contribution in [2.45, 2.75) is 55.9 Å². The first-order valence-electron chi connectivity index (χ1n) is 13.8. The molecule has 0 N–H and O–H groups in total. The van der Waals surface area contributed by atoms with Gasteiger partial charge in [-0.1, -0.05) is 74.0 Å². The van der Waals surface area contributed by atoms with E-state index in [0.717, 1.165) is 45.2 Å². The van der Waals surface area contributed by atoms with Crippen molar-refractivity contribution in [3.05, 3.63) is 101 Å². The van der Waals surface area contributed by atoms with Gasteiger partial charge in [-0.2, -0.15) is 0 Å². The second-order valence-electron chi connectivity index (χ2n) is 10.2. The first kappa shape index (κ1) is 27.1. The van der Waals surface area contributed by atoms with Crippen LogP contribution in [0.1, 0.15) is 44.6 Å². The number of rotatable bonds is 9. The van der Waals surface area contributed by atoms with Crippen molar-refractivity contribution in [1.29, 1.82) is 0 Å². The summed E-state index contributed by atoms with van der Waals surface area (Å²) >= 11 is 1.36. The molecule has 5 nitrogen and oxygen atoms in total. The Morgan fingerprint density at radius 3 is 2.41 bits per heavy atom. The summed E-state index contributed by atoms with van der Waals surface area (Å²) in [5, 5.41) is 0.595. The molecule has 0 saturated carbocycles. The maximum Gasteiger partial charge on any atom is 0.266 e. The van der Waals surface area contributed by atoms with E-state index in [2.05, 4.69) is 31.2 Å². The Balaban J connectivity index is 1.40. The average molecular weight is 544 g/mol. The minimum absolute atomic E-state index is 0.111. The highest BCUT2D eigenvalue weighted by Gasteiger charge is 2.30. The Hall–Kier alpha value is -3.45. The number of para-hydroxylation sites is 1. The molecule has 0 aliphatic carbocycles. The number of benzene rings is 3. The number of fused-ring (bicyclic) bond motifs is 1. The van der Waals surface area contributed by atoms with Crippen LogP contribution in [-0.2, 0) is 11.2 Å². The average Bonchev–Trinajstić information content (AvgIpc) is 2.97. The molecule has 1 amide bonds. The second-order valence-corrected chi connectivity index (χ2v) is 11.4. The molecule has 5 rings (SSSR count). The molecule has 1 atom stereocenters. The van der Waals surface area contributed by atoms with Gasteiger partial charge in [-0.05, 0) is 73.6 Å². The van der Waals surface area contributed by atoms with Gasteiger partial charge < -0.3 is 4.90 Å². The summed E-state index contributed by atoms with van der Waals surface area (Å²) in [6.45, 7) is 3.61. The van der Waals surface area contributed by atoms with Gasteiger partial charge in [0, 0.05) is 13.1 Å². The maximum absolute atomic E-state index is 13.9. The van der Waals surface area contributed by atoms with Crippen LogP contribution < -0.4 is 5.56 Å². The number of amides is 1. The molecule has 3 aromatic carbocycles. The highest BCUT2D eigenvalue weighted by Crippen LogP contribution is 2.31. The lowest BCUT2D eigenvalue weighted by atomic mass is 9.90. The molecule has 1 aromatic heterocycles. The van der Waals surface area contributed by atoms with Crippen LogP contribution in [0.15, 0.2) is 88.8 Å². The van der Waals surface area contributed by atoms with Crippen molar-refractivity contribution in [2.24, 2.45) is 5.92 Å². The molecule has 2 heterocycles. The van der Waals surface area contributed by atoms with Crippen molar-refractivity contribution in [3.8, 4) is 5.69 Å². The van der Waals surface area contributed by atoms with Crippen molar-refractivity contribution >= 4 is 28.6 Å². The summed E-state index contributed by atoms with van der Waals surface area (Å²) in [6.07, 6.45) is 5.60. The standard InChI is InChI=1S/C32H34FN3O2S/c1-2-3-13-29(31(38)35-20-18-24(19-21-35)22-23-9-5-4-6-10-23)39-32-34-28-12-8-7-11-27(28)30(37)36(32)26-16-14-25(33)15-17-26/h4-12,14-17,24,29H,2-3,13,18-22H2,1H3. The van der Waals surface area contributed by atoms with Gasteiger partial charge in [0.05, 0.1) is 21.8 Å². The Labute approximate surface area is 233 Å². The molecule has 0 radical (unpaired) electrons. The lowest BCUT2D eigenvalue weighted by Crippen LogP contribution is -2.43. The van der Waals surface area contributed by atoms with E-state index in [0.29, 0.717) is 34.1 Å². The molecule has 1 unspecified atom stereocenters. The molecule has 202 valence electrons. The zero-order valence-electron chi connectivity index (χ0n) is 22.3. The van der Waals surface area contributed by atoms with E-state index in [1.165, 1.54) is 34.0 Å². The first-order valence-corrected chi connectivity index (χ1v) is 14.7. The summed E-state index contributed by atoms with van der Waals surface area (Å²) in [5.74, 6) is 0.310. The Bertz CT molecular complexity index is 1460. The fourth-order valence-electron chi connectivity index (χ4n) is 5.27. The van der Waals surface area contributed by atoms with Gasteiger partial charge in [-0.3, -0.25) is 14.2 Å². The highest BCUT2D eigenvalue weighted by atomic mass is 32.2.